The van der Waals surface area contributed by atoms with Crippen LogP contribution in [0.4, 0.5) is 11.4 Å². The lowest BCUT2D eigenvalue weighted by Gasteiger charge is -2.15. The third kappa shape index (κ3) is 4.09. The van der Waals surface area contributed by atoms with Crippen LogP contribution in [0.1, 0.15) is 30.0 Å². The van der Waals surface area contributed by atoms with Gasteiger partial charge < -0.3 is 10.2 Å². The van der Waals surface area contributed by atoms with E-state index in [-0.39, 0.29) is 28.9 Å². The summed E-state index contributed by atoms with van der Waals surface area (Å²) in [7, 11) is -3.59. The van der Waals surface area contributed by atoms with Crippen molar-refractivity contribution >= 4 is 33.0 Å². The van der Waals surface area contributed by atoms with Gasteiger partial charge in [-0.3, -0.25) is 9.59 Å². The van der Waals surface area contributed by atoms with E-state index in [4.69, 9.17) is 0 Å². The predicted molar refractivity (Wildman–Crippen MR) is 109 cm³/mol. The van der Waals surface area contributed by atoms with Gasteiger partial charge in [0.2, 0.25) is 11.8 Å². The molecule has 0 atom stereocenters. The molecule has 0 bridgehead atoms. The number of nitrogens with one attached hydrogen (secondary N) is 1. The summed E-state index contributed by atoms with van der Waals surface area (Å²) in [6, 6.07) is 10.4. The number of anilines is 2. The average molecular weight is 401 g/mol. The second-order valence-electron chi connectivity index (χ2n) is 7.08. The molecule has 28 heavy (non-hydrogen) atoms. The molecule has 0 saturated heterocycles. The molecule has 0 aromatic heterocycles. The lowest BCUT2D eigenvalue weighted by Crippen LogP contribution is -2.25. The largest absolute Gasteiger partial charge is 0.326 e. The van der Waals surface area contributed by atoms with Gasteiger partial charge in [-0.15, -0.1) is 0 Å². The van der Waals surface area contributed by atoms with Crippen molar-refractivity contribution in [2.24, 2.45) is 0 Å². The molecule has 0 fully saturated rings. The lowest BCUT2D eigenvalue weighted by atomic mass is 10.1. The first-order chi connectivity index (χ1) is 13.2. The third-order valence-corrected chi connectivity index (χ3v) is 6.88. The number of carbonyl (C=O) groups excluding carboxylic acids is 2. The second kappa shape index (κ2) is 7.75. The van der Waals surface area contributed by atoms with Crippen LogP contribution in [0.3, 0.4) is 0 Å². The number of sulfone groups is 1. The van der Waals surface area contributed by atoms with Gasteiger partial charge >= 0.3 is 0 Å². The van der Waals surface area contributed by atoms with E-state index < -0.39 is 9.84 Å². The summed E-state index contributed by atoms with van der Waals surface area (Å²) in [5.74, 6) is -0.655. The number of rotatable bonds is 5. The summed E-state index contributed by atoms with van der Waals surface area (Å²) in [6.07, 6.45) is 0.512. The molecule has 0 aliphatic carbocycles. The average Bonchev–Trinajstić information content (AvgIpc) is 3.07. The number of nitrogens with zero attached hydrogens (tertiary/aromatic N) is 1. The van der Waals surface area contributed by atoms with Gasteiger partial charge in [-0.2, -0.15) is 0 Å². The van der Waals surface area contributed by atoms with Crippen LogP contribution in [0.5, 0.6) is 0 Å². The van der Waals surface area contributed by atoms with Crippen LogP contribution >= 0.6 is 0 Å². The molecule has 0 saturated carbocycles. The van der Waals surface area contributed by atoms with Gasteiger partial charge in [-0.25, -0.2) is 8.42 Å². The minimum atomic E-state index is -3.59. The highest BCUT2D eigenvalue weighted by molar-refractivity contribution is 7.91. The monoisotopic (exact) mass is 400 g/mol. The van der Waals surface area contributed by atoms with Crippen LogP contribution in [0.25, 0.3) is 0 Å². The Hall–Kier alpha value is -2.67. The van der Waals surface area contributed by atoms with Crippen LogP contribution in [-0.2, 0) is 25.8 Å². The molecule has 2 aromatic rings. The number of hydrogen-bond acceptors (Lipinski definition) is 4. The molecule has 6 nitrogen and oxygen atoms in total. The highest BCUT2D eigenvalue weighted by Crippen LogP contribution is 2.30. The molecule has 1 heterocycles. The topological polar surface area (TPSA) is 83.6 Å². The van der Waals surface area contributed by atoms with Crippen molar-refractivity contribution < 1.29 is 18.0 Å². The van der Waals surface area contributed by atoms with Gasteiger partial charge in [0.1, 0.15) is 0 Å². The Morgan fingerprint density at radius 1 is 1.14 bits per heavy atom. The van der Waals surface area contributed by atoms with Crippen molar-refractivity contribution in [3.05, 3.63) is 53.1 Å². The minimum absolute atomic E-state index is 0.0579. The van der Waals surface area contributed by atoms with Crippen LogP contribution < -0.4 is 10.2 Å². The Balaban J connectivity index is 1.68. The van der Waals surface area contributed by atoms with E-state index in [1.54, 1.807) is 23.1 Å². The fourth-order valence-electron chi connectivity index (χ4n) is 3.34. The Bertz CT molecular complexity index is 1040. The molecule has 2 amide bonds. The van der Waals surface area contributed by atoms with Crippen molar-refractivity contribution in [2.45, 2.75) is 38.5 Å². The molecule has 1 N–H and O–H groups in total. The normalized spacial score (nSPS) is 13.3. The molecule has 3 rings (SSSR count). The Labute approximate surface area is 165 Å². The fourth-order valence-corrected chi connectivity index (χ4v) is 4.63. The van der Waals surface area contributed by atoms with Crippen LogP contribution in [0.2, 0.25) is 0 Å². The number of hydrogen-bond donors (Lipinski definition) is 1. The molecule has 148 valence electrons. The maximum atomic E-state index is 12.7. The Kier molecular flexibility index (Phi) is 5.56. The van der Waals surface area contributed by atoms with Gasteiger partial charge in [0.05, 0.1) is 10.6 Å². The molecule has 0 spiro atoms. The first-order valence-corrected chi connectivity index (χ1v) is 10.8. The van der Waals surface area contributed by atoms with Crippen molar-refractivity contribution in [2.75, 3.05) is 22.5 Å². The molecule has 0 unspecified atom stereocenters. The maximum Gasteiger partial charge on any atom is 0.225 e. The number of benzene rings is 2. The van der Waals surface area contributed by atoms with E-state index in [2.05, 4.69) is 5.32 Å². The van der Waals surface area contributed by atoms with Crippen molar-refractivity contribution in [3.63, 3.8) is 0 Å². The van der Waals surface area contributed by atoms with Gasteiger partial charge in [0.25, 0.3) is 0 Å². The molecule has 2 aromatic carbocycles. The standard InChI is InChI=1S/C21H24N2O4S/c1-14-5-4-6-19(15(14)2)22-21(25)10-12-28(26,27)18-7-8-20-17(13-18)9-11-23(20)16(3)24/h4-8,13H,9-12H2,1-3H3,(H,22,25). The summed E-state index contributed by atoms with van der Waals surface area (Å²) in [6.45, 7) is 5.92. The molecule has 1 aliphatic heterocycles. The van der Waals surface area contributed by atoms with E-state index in [0.717, 1.165) is 22.4 Å². The van der Waals surface area contributed by atoms with Crippen molar-refractivity contribution in [3.8, 4) is 0 Å². The zero-order chi connectivity index (χ0) is 20.5. The zero-order valence-corrected chi connectivity index (χ0v) is 17.1. The van der Waals surface area contributed by atoms with Crippen LogP contribution in [0.15, 0.2) is 41.3 Å². The summed E-state index contributed by atoms with van der Waals surface area (Å²) >= 11 is 0. The zero-order valence-electron chi connectivity index (χ0n) is 16.3. The number of aryl methyl sites for hydroxylation is 1. The summed E-state index contributed by atoms with van der Waals surface area (Å²) in [4.78, 5) is 25.7. The summed E-state index contributed by atoms with van der Waals surface area (Å²) < 4.78 is 25.3. The van der Waals surface area contributed by atoms with Gasteiger partial charge in [-0.05, 0) is 61.2 Å². The van der Waals surface area contributed by atoms with Crippen molar-refractivity contribution in [1.29, 1.82) is 0 Å². The van der Waals surface area contributed by atoms with E-state index in [9.17, 15) is 18.0 Å². The van der Waals surface area contributed by atoms with Gasteiger partial charge in [0, 0.05) is 31.3 Å². The fraction of sp³-hybridized carbons (Fsp3) is 0.333. The minimum Gasteiger partial charge on any atom is -0.326 e. The molecule has 0 radical (unpaired) electrons. The van der Waals surface area contributed by atoms with E-state index in [1.807, 2.05) is 26.0 Å². The summed E-state index contributed by atoms with van der Waals surface area (Å²) in [5, 5.41) is 2.79. The molecular weight excluding hydrogens is 376 g/mol. The maximum absolute atomic E-state index is 12.7. The second-order valence-corrected chi connectivity index (χ2v) is 9.18. The molecule has 1 aliphatic rings. The quantitative estimate of drug-likeness (QED) is 0.836. The van der Waals surface area contributed by atoms with E-state index in [1.165, 1.54) is 13.0 Å². The van der Waals surface area contributed by atoms with Gasteiger partial charge in [-0.1, -0.05) is 12.1 Å². The van der Waals surface area contributed by atoms with Gasteiger partial charge in [0.15, 0.2) is 9.84 Å². The summed E-state index contributed by atoms with van der Waals surface area (Å²) in [5.41, 5.74) is 4.33. The highest BCUT2D eigenvalue weighted by Gasteiger charge is 2.25. The van der Waals surface area contributed by atoms with E-state index >= 15 is 0 Å². The predicted octanol–water partition coefficient (Wildman–Crippen LogP) is 3.01. The number of amides is 2. The first-order valence-electron chi connectivity index (χ1n) is 9.19. The van der Waals surface area contributed by atoms with Crippen LogP contribution in [-0.4, -0.2) is 32.5 Å². The smallest absolute Gasteiger partial charge is 0.225 e. The van der Waals surface area contributed by atoms with Crippen molar-refractivity contribution in [1.82, 2.24) is 0 Å². The Morgan fingerprint density at radius 3 is 2.61 bits per heavy atom. The number of fused-ring (bicyclic) bond motifs is 1. The SMILES string of the molecule is CC(=O)N1CCc2cc(S(=O)(=O)CCC(=O)Nc3cccc(C)c3C)ccc21. The van der Waals surface area contributed by atoms with Crippen LogP contribution in [0, 0.1) is 13.8 Å². The lowest BCUT2D eigenvalue weighted by molar-refractivity contribution is -0.117. The van der Waals surface area contributed by atoms with E-state index in [0.29, 0.717) is 18.7 Å². The third-order valence-electron chi connectivity index (χ3n) is 5.16. The first kappa shape index (κ1) is 20.1. The molecular formula is C21H24N2O4S. The number of carbonyl (C=O) groups is 2. The highest BCUT2D eigenvalue weighted by atomic mass is 32.2. The Morgan fingerprint density at radius 2 is 1.89 bits per heavy atom. The molecule has 7 heteroatoms.